The Hall–Kier alpha value is -2.03. The Morgan fingerprint density at radius 3 is 2.56 bits per heavy atom. The number of rotatable bonds is 3. The zero-order chi connectivity index (χ0) is 11.4. The molecule has 0 atom stereocenters. The van der Waals surface area contributed by atoms with Gasteiger partial charge in [-0.05, 0) is 24.6 Å². The molecule has 3 heteroatoms. The monoisotopic (exact) mass is 216 g/mol. The molecule has 0 fully saturated rings. The minimum atomic E-state index is -0.433. The molecule has 0 N–H and O–H groups in total. The van der Waals surface area contributed by atoms with Crippen molar-refractivity contribution in [3.05, 3.63) is 59.5 Å². The van der Waals surface area contributed by atoms with Crippen LogP contribution in [0.4, 0.5) is 0 Å². The van der Waals surface area contributed by atoms with E-state index >= 15 is 0 Å². The summed E-state index contributed by atoms with van der Waals surface area (Å²) in [6.07, 6.45) is 0. The van der Waals surface area contributed by atoms with Gasteiger partial charge < -0.3 is 9.15 Å². The van der Waals surface area contributed by atoms with Crippen molar-refractivity contribution in [3.8, 4) is 0 Å². The van der Waals surface area contributed by atoms with Crippen molar-refractivity contribution in [1.29, 1.82) is 0 Å². The van der Waals surface area contributed by atoms with Gasteiger partial charge in [-0.2, -0.15) is 0 Å². The first kappa shape index (κ1) is 10.5. The quantitative estimate of drug-likeness (QED) is 0.740. The topological polar surface area (TPSA) is 39.4 Å². The Labute approximate surface area is 93.7 Å². The molecule has 3 nitrogen and oxygen atoms in total. The number of benzene rings is 1. The molecule has 0 bridgehead atoms. The molecular weight excluding hydrogens is 204 g/mol. The first-order chi connectivity index (χ1) is 7.75. The van der Waals surface area contributed by atoms with Gasteiger partial charge in [0.15, 0.2) is 0 Å². The van der Waals surface area contributed by atoms with Gasteiger partial charge in [0, 0.05) is 0 Å². The largest absolute Gasteiger partial charge is 0.455 e. The third-order valence-corrected chi connectivity index (χ3v) is 2.15. The van der Waals surface area contributed by atoms with Crippen LogP contribution in [0.3, 0.4) is 0 Å². The summed E-state index contributed by atoms with van der Waals surface area (Å²) in [5.74, 6) is 0.511. The lowest BCUT2D eigenvalue weighted by Crippen LogP contribution is -2.03. The molecule has 0 saturated carbocycles. The number of ether oxygens (including phenoxy) is 1. The highest BCUT2D eigenvalue weighted by molar-refractivity contribution is 5.86. The molecule has 1 heterocycles. The molecular formula is C13H12O3. The van der Waals surface area contributed by atoms with Crippen molar-refractivity contribution >= 4 is 5.97 Å². The Morgan fingerprint density at radius 1 is 1.19 bits per heavy atom. The number of hydrogen-bond acceptors (Lipinski definition) is 3. The first-order valence-electron chi connectivity index (χ1n) is 5.03. The number of furan rings is 1. The van der Waals surface area contributed by atoms with E-state index in [1.54, 1.807) is 19.1 Å². The molecule has 0 aliphatic carbocycles. The van der Waals surface area contributed by atoms with Crippen molar-refractivity contribution in [2.45, 2.75) is 13.5 Å². The van der Waals surface area contributed by atoms with Gasteiger partial charge in [-0.25, -0.2) is 4.79 Å². The second-order valence-corrected chi connectivity index (χ2v) is 3.47. The summed E-state index contributed by atoms with van der Waals surface area (Å²) in [5, 5.41) is 0. The van der Waals surface area contributed by atoms with E-state index in [1.165, 1.54) is 0 Å². The van der Waals surface area contributed by atoms with Gasteiger partial charge in [0.2, 0.25) is 5.76 Å². The fourth-order valence-corrected chi connectivity index (χ4v) is 1.34. The van der Waals surface area contributed by atoms with Crippen LogP contribution in [0.15, 0.2) is 46.9 Å². The average molecular weight is 216 g/mol. The van der Waals surface area contributed by atoms with Gasteiger partial charge in [-0.15, -0.1) is 0 Å². The standard InChI is InChI=1S/C13H12O3/c1-10-7-8-12(16-10)13(14)15-9-11-5-3-2-4-6-11/h2-8H,9H2,1H3. The average Bonchev–Trinajstić information content (AvgIpc) is 2.74. The van der Waals surface area contributed by atoms with Crippen LogP contribution in [0.2, 0.25) is 0 Å². The molecule has 1 aromatic heterocycles. The number of carbonyl (C=O) groups excluding carboxylic acids is 1. The summed E-state index contributed by atoms with van der Waals surface area (Å²) >= 11 is 0. The summed E-state index contributed by atoms with van der Waals surface area (Å²) in [5.41, 5.74) is 0.958. The van der Waals surface area contributed by atoms with Crippen LogP contribution in [0.25, 0.3) is 0 Å². The number of hydrogen-bond donors (Lipinski definition) is 0. The number of aryl methyl sites for hydroxylation is 1. The van der Waals surface area contributed by atoms with Crippen LogP contribution in [-0.4, -0.2) is 5.97 Å². The van der Waals surface area contributed by atoms with Crippen LogP contribution in [0.1, 0.15) is 21.9 Å². The van der Waals surface area contributed by atoms with Gasteiger partial charge in [0.25, 0.3) is 0 Å². The van der Waals surface area contributed by atoms with E-state index in [2.05, 4.69) is 0 Å². The van der Waals surface area contributed by atoms with Crippen molar-refractivity contribution in [2.24, 2.45) is 0 Å². The Balaban J connectivity index is 1.94. The highest BCUT2D eigenvalue weighted by atomic mass is 16.5. The molecule has 0 spiro atoms. The molecule has 0 aliphatic heterocycles. The molecule has 2 aromatic rings. The van der Waals surface area contributed by atoms with Crippen molar-refractivity contribution in [1.82, 2.24) is 0 Å². The van der Waals surface area contributed by atoms with E-state index in [0.29, 0.717) is 5.76 Å². The van der Waals surface area contributed by atoms with Crippen LogP contribution in [0.5, 0.6) is 0 Å². The highest BCUT2D eigenvalue weighted by Gasteiger charge is 2.11. The summed E-state index contributed by atoms with van der Waals surface area (Å²) < 4.78 is 10.3. The first-order valence-corrected chi connectivity index (χ1v) is 5.03. The number of carbonyl (C=O) groups is 1. The zero-order valence-electron chi connectivity index (χ0n) is 8.97. The van der Waals surface area contributed by atoms with Crippen molar-refractivity contribution < 1.29 is 13.9 Å². The molecule has 2 rings (SSSR count). The summed E-state index contributed by atoms with van der Waals surface area (Å²) in [4.78, 5) is 11.5. The van der Waals surface area contributed by atoms with Crippen LogP contribution in [-0.2, 0) is 11.3 Å². The van der Waals surface area contributed by atoms with E-state index in [-0.39, 0.29) is 12.4 Å². The summed E-state index contributed by atoms with van der Waals surface area (Å²) in [6.45, 7) is 2.05. The second-order valence-electron chi connectivity index (χ2n) is 3.47. The van der Waals surface area contributed by atoms with Crippen LogP contribution in [0, 0.1) is 6.92 Å². The maximum Gasteiger partial charge on any atom is 0.374 e. The van der Waals surface area contributed by atoms with E-state index in [1.807, 2.05) is 30.3 Å². The highest BCUT2D eigenvalue weighted by Crippen LogP contribution is 2.09. The SMILES string of the molecule is Cc1ccc(C(=O)OCc2ccccc2)o1. The lowest BCUT2D eigenvalue weighted by molar-refractivity contribution is 0.0434. The Kier molecular flexibility index (Phi) is 3.05. The Morgan fingerprint density at radius 2 is 1.94 bits per heavy atom. The third-order valence-electron chi connectivity index (χ3n) is 2.15. The minimum absolute atomic E-state index is 0.244. The van der Waals surface area contributed by atoms with E-state index < -0.39 is 5.97 Å². The van der Waals surface area contributed by atoms with E-state index in [4.69, 9.17) is 9.15 Å². The normalized spacial score (nSPS) is 10.1. The molecule has 1 aromatic carbocycles. The maximum atomic E-state index is 11.5. The third kappa shape index (κ3) is 2.51. The molecule has 0 saturated heterocycles. The fourth-order valence-electron chi connectivity index (χ4n) is 1.34. The molecule has 16 heavy (non-hydrogen) atoms. The van der Waals surface area contributed by atoms with Gasteiger partial charge >= 0.3 is 5.97 Å². The summed E-state index contributed by atoms with van der Waals surface area (Å²) in [6, 6.07) is 12.9. The lowest BCUT2D eigenvalue weighted by atomic mass is 10.2. The van der Waals surface area contributed by atoms with Crippen LogP contribution < -0.4 is 0 Å². The maximum absolute atomic E-state index is 11.5. The molecule has 0 aliphatic rings. The second kappa shape index (κ2) is 4.66. The lowest BCUT2D eigenvalue weighted by Gasteiger charge is -2.02. The molecule has 82 valence electrons. The predicted molar refractivity (Wildman–Crippen MR) is 59.0 cm³/mol. The van der Waals surface area contributed by atoms with Gasteiger partial charge in [0.05, 0.1) is 0 Å². The molecule has 0 radical (unpaired) electrons. The number of esters is 1. The van der Waals surface area contributed by atoms with Gasteiger partial charge in [-0.3, -0.25) is 0 Å². The zero-order valence-corrected chi connectivity index (χ0v) is 8.97. The summed E-state index contributed by atoms with van der Waals surface area (Å²) in [7, 11) is 0. The van der Waals surface area contributed by atoms with E-state index in [9.17, 15) is 4.79 Å². The molecule has 0 unspecified atom stereocenters. The van der Waals surface area contributed by atoms with Gasteiger partial charge in [-0.1, -0.05) is 30.3 Å². The van der Waals surface area contributed by atoms with Crippen molar-refractivity contribution in [2.75, 3.05) is 0 Å². The Bertz CT molecular complexity index is 471. The fraction of sp³-hybridized carbons (Fsp3) is 0.154. The van der Waals surface area contributed by atoms with Gasteiger partial charge in [0.1, 0.15) is 12.4 Å². The van der Waals surface area contributed by atoms with E-state index in [0.717, 1.165) is 5.56 Å². The molecule has 0 amide bonds. The van der Waals surface area contributed by atoms with Crippen molar-refractivity contribution in [3.63, 3.8) is 0 Å². The van der Waals surface area contributed by atoms with Crippen LogP contribution >= 0.6 is 0 Å². The minimum Gasteiger partial charge on any atom is -0.455 e. The smallest absolute Gasteiger partial charge is 0.374 e. The predicted octanol–water partition coefficient (Wildman–Crippen LogP) is 2.95.